The second kappa shape index (κ2) is 9.37. The second-order valence-corrected chi connectivity index (χ2v) is 10.4. The maximum Gasteiger partial charge on any atom is 0.263 e. The number of amides is 1. The van der Waals surface area contributed by atoms with Crippen LogP contribution in [-0.2, 0) is 27.8 Å². The summed E-state index contributed by atoms with van der Waals surface area (Å²) in [5.41, 5.74) is 1.17. The van der Waals surface area contributed by atoms with E-state index in [1.54, 1.807) is 38.1 Å². The van der Waals surface area contributed by atoms with Gasteiger partial charge in [-0.3, -0.25) is 4.79 Å². The van der Waals surface area contributed by atoms with E-state index >= 15 is 0 Å². The summed E-state index contributed by atoms with van der Waals surface area (Å²) in [6.07, 6.45) is 1.06. The van der Waals surface area contributed by atoms with E-state index < -0.39 is 15.6 Å². The average molecular weight is 451 g/mol. The largest absolute Gasteiger partial charge is 0.478 e. The molecule has 0 aromatic heterocycles. The van der Waals surface area contributed by atoms with Crippen molar-refractivity contribution in [3.63, 3.8) is 0 Å². The van der Waals surface area contributed by atoms with Crippen molar-refractivity contribution in [2.24, 2.45) is 0 Å². The third-order valence-electron chi connectivity index (χ3n) is 5.09. The van der Waals surface area contributed by atoms with Crippen molar-refractivity contribution >= 4 is 27.5 Å². The number of hydrogen-bond donors (Lipinski definition) is 1. The summed E-state index contributed by atoms with van der Waals surface area (Å²) in [5.74, 6) is 0.225. The molecule has 0 unspecified atom stereocenters. The maximum absolute atomic E-state index is 12.7. The lowest BCUT2D eigenvalue weighted by Crippen LogP contribution is -2.47. The molecule has 1 heterocycles. The Balaban J connectivity index is 1.46. The number of ether oxygens (including phenoxy) is 1. The van der Waals surface area contributed by atoms with E-state index in [-0.39, 0.29) is 18.2 Å². The van der Waals surface area contributed by atoms with Gasteiger partial charge in [-0.1, -0.05) is 35.9 Å². The minimum Gasteiger partial charge on any atom is -0.478 e. The summed E-state index contributed by atoms with van der Waals surface area (Å²) < 4.78 is 32.6. The zero-order valence-electron chi connectivity index (χ0n) is 17.2. The summed E-state index contributed by atoms with van der Waals surface area (Å²) in [6.45, 7) is 4.49. The highest BCUT2D eigenvalue weighted by atomic mass is 35.5. The van der Waals surface area contributed by atoms with Crippen molar-refractivity contribution in [2.45, 2.75) is 38.8 Å². The van der Waals surface area contributed by atoms with Crippen molar-refractivity contribution in [1.29, 1.82) is 0 Å². The molecule has 0 bridgehead atoms. The Bertz CT molecular complexity index is 990. The van der Waals surface area contributed by atoms with Gasteiger partial charge in [0.25, 0.3) is 5.91 Å². The Hall–Kier alpha value is -2.09. The fourth-order valence-corrected chi connectivity index (χ4v) is 4.95. The van der Waals surface area contributed by atoms with Crippen LogP contribution in [0.3, 0.4) is 0 Å². The van der Waals surface area contributed by atoms with Crippen LogP contribution in [-0.4, -0.2) is 43.1 Å². The third kappa shape index (κ3) is 5.74. The Kier molecular flexibility index (Phi) is 7.06. The van der Waals surface area contributed by atoms with Crippen LogP contribution in [0.2, 0.25) is 5.02 Å². The molecule has 30 heavy (non-hydrogen) atoms. The molecule has 0 radical (unpaired) electrons. The molecule has 8 heteroatoms. The van der Waals surface area contributed by atoms with Crippen LogP contribution in [0.1, 0.15) is 31.4 Å². The smallest absolute Gasteiger partial charge is 0.263 e. The number of nitrogens with one attached hydrogen (secondary N) is 1. The lowest BCUT2D eigenvalue weighted by molar-refractivity contribution is -0.134. The Labute approximate surface area is 183 Å². The number of rotatable bonds is 8. The van der Waals surface area contributed by atoms with Crippen LogP contribution in [0.15, 0.2) is 48.5 Å². The van der Waals surface area contributed by atoms with Crippen LogP contribution in [0.5, 0.6) is 5.75 Å². The highest BCUT2D eigenvalue weighted by molar-refractivity contribution is 7.89. The van der Waals surface area contributed by atoms with Gasteiger partial charge in [-0.2, -0.15) is 4.31 Å². The number of carbonyl (C=O) groups is 1. The number of sulfonamides is 1. The standard InChI is InChI=1S/C22H27ClN2O4S/c1-22(2,29-20-10-8-19(23)9-11-20)21(26)24-13-5-15-30(27,28)25-14-12-17-6-3-4-7-18(17)16-25/h3-4,6-11H,5,12-16H2,1-2H3,(H,24,26). The van der Waals surface area contributed by atoms with Crippen molar-refractivity contribution in [3.05, 3.63) is 64.7 Å². The van der Waals surface area contributed by atoms with Crippen molar-refractivity contribution in [3.8, 4) is 5.75 Å². The molecule has 2 aromatic rings. The topological polar surface area (TPSA) is 75.7 Å². The van der Waals surface area contributed by atoms with Crippen LogP contribution < -0.4 is 10.1 Å². The third-order valence-corrected chi connectivity index (χ3v) is 7.24. The first-order valence-corrected chi connectivity index (χ1v) is 11.9. The van der Waals surface area contributed by atoms with Gasteiger partial charge in [-0.05, 0) is 62.1 Å². The molecular formula is C22H27ClN2O4S. The molecule has 6 nitrogen and oxygen atoms in total. The first kappa shape index (κ1) is 22.6. The van der Waals surface area contributed by atoms with E-state index in [2.05, 4.69) is 5.32 Å². The monoisotopic (exact) mass is 450 g/mol. The molecule has 2 aromatic carbocycles. The normalized spacial score (nSPS) is 14.8. The second-order valence-electron chi connectivity index (χ2n) is 7.84. The van der Waals surface area contributed by atoms with E-state index in [0.717, 1.165) is 12.0 Å². The van der Waals surface area contributed by atoms with Gasteiger partial charge in [0.15, 0.2) is 5.60 Å². The van der Waals surface area contributed by atoms with E-state index in [9.17, 15) is 13.2 Å². The summed E-state index contributed by atoms with van der Waals surface area (Å²) in [7, 11) is -3.37. The van der Waals surface area contributed by atoms with Crippen molar-refractivity contribution in [1.82, 2.24) is 9.62 Å². The number of hydrogen-bond acceptors (Lipinski definition) is 4. The SMILES string of the molecule is CC(C)(Oc1ccc(Cl)cc1)C(=O)NCCCS(=O)(=O)N1CCc2ccccc2C1. The lowest BCUT2D eigenvalue weighted by atomic mass is 10.0. The average Bonchev–Trinajstić information content (AvgIpc) is 2.72. The van der Waals surface area contributed by atoms with Gasteiger partial charge < -0.3 is 10.1 Å². The molecule has 0 saturated carbocycles. The highest BCUT2D eigenvalue weighted by Crippen LogP contribution is 2.22. The van der Waals surface area contributed by atoms with Crippen LogP contribution in [0.25, 0.3) is 0 Å². The molecule has 1 N–H and O–H groups in total. The number of nitrogens with zero attached hydrogens (tertiary/aromatic N) is 1. The quantitative estimate of drug-likeness (QED) is 0.625. The fourth-order valence-electron chi connectivity index (χ4n) is 3.35. The molecule has 3 rings (SSSR count). The summed E-state index contributed by atoms with van der Waals surface area (Å²) in [6, 6.07) is 14.7. The van der Waals surface area contributed by atoms with Crippen molar-refractivity contribution < 1.29 is 17.9 Å². The molecule has 162 valence electrons. The van der Waals surface area contributed by atoms with Crippen molar-refractivity contribution in [2.75, 3.05) is 18.8 Å². The van der Waals surface area contributed by atoms with Crippen LogP contribution >= 0.6 is 11.6 Å². The molecule has 0 aliphatic carbocycles. The molecule has 1 amide bonds. The maximum atomic E-state index is 12.7. The minimum absolute atomic E-state index is 0.00603. The van der Waals surface area contributed by atoms with E-state index in [1.165, 1.54) is 9.87 Å². The summed E-state index contributed by atoms with van der Waals surface area (Å²) in [4.78, 5) is 12.5. The van der Waals surface area contributed by atoms with Gasteiger partial charge in [0.2, 0.25) is 10.0 Å². The zero-order chi connectivity index (χ0) is 21.8. The molecule has 0 spiro atoms. The van der Waals surface area contributed by atoms with Gasteiger partial charge in [0, 0.05) is 24.7 Å². The van der Waals surface area contributed by atoms with Gasteiger partial charge in [-0.25, -0.2) is 8.42 Å². The molecule has 1 aliphatic rings. The summed E-state index contributed by atoms with van der Waals surface area (Å²) >= 11 is 5.86. The first-order chi connectivity index (χ1) is 14.2. The van der Waals surface area contributed by atoms with Gasteiger partial charge in [0.05, 0.1) is 5.75 Å². The molecule has 0 saturated heterocycles. The van der Waals surface area contributed by atoms with Gasteiger partial charge >= 0.3 is 0 Å². The predicted octanol–water partition coefficient (Wildman–Crippen LogP) is 3.39. The highest BCUT2D eigenvalue weighted by Gasteiger charge is 2.30. The number of benzene rings is 2. The Morgan fingerprint density at radius 3 is 2.50 bits per heavy atom. The first-order valence-electron chi connectivity index (χ1n) is 9.95. The predicted molar refractivity (Wildman–Crippen MR) is 118 cm³/mol. The number of halogens is 1. The van der Waals surface area contributed by atoms with E-state index in [0.29, 0.717) is 30.3 Å². The number of carbonyl (C=O) groups excluding carboxylic acids is 1. The fraction of sp³-hybridized carbons (Fsp3) is 0.409. The Morgan fingerprint density at radius 2 is 1.80 bits per heavy atom. The number of fused-ring (bicyclic) bond motifs is 1. The Morgan fingerprint density at radius 1 is 1.13 bits per heavy atom. The lowest BCUT2D eigenvalue weighted by Gasteiger charge is -2.28. The molecular weight excluding hydrogens is 424 g/mol. The van der Waals surface area contributed by atoms with E-state index in [4.69, 9.17) is 16.3 Å². The van der Waals surface area contributed by atoms with E-state index in [1.807, 2.05) is 24.3 Å². The van der Waals surface area contributed by atoms with Gasteiger partial charge in [-0.15, -0.1) is 0 Å². The van der Waals surface area contributed by atoms with Crippen LogP contribution in [0, 0.1) is 0 Å². The summed E-state index contributed by atoms with van der Waals surface area (Å²) in [5, 5.41) is 3.36. The minimum atomic E-state index is -3.37. The van der Waals surface area contributed by atoms with Crippen LogP contribution in [0.4, 0.5) is 0 Å². The van der Waals surface area contributed by atoms with Gasteiger partial charge in [0.1, 0.15) is 5.75 Å². The molecule has 0 atom stereocenters. The molecule has 1 aliphatic heterocycles. The zero-order valence-corrected chi connectivity index (χ0v) is 18.8. The molecule has 0 fully saturated rings.